The summed E-state index contributed by atoms with van der Waals surface area (Å²) in [5, 5.41) is 10.5. The Morgan fingerprint density at radius 2 is 1.72 bits per heavy atom. The van der Waals surface area contributed by atoms with Crippen LogP contribution < -0.4 is 22.3 Å². The molecule has 10 nitrogen and oxygen atoms in total. The molecular weight excluding hydrogens is 410 g/mol. The number of nitrogens with zero attached hydrogens (tertiary/aromatic N) is 4. The highest BCUT2D eigenvalue weighted by Gasteiger charge is 2.18. The summed E-state index contributed by atoms with van der Waals surface area (Å²) in [4.78, 5) is 12.6. The van der Waals surface area contributed by atoms with E-state index in [1.165, 1.54) is 17.9 Å². The van der Waals surface area contributed by atoms with Crippen LogP contribution in [0.25, 0.3) is 11.5 Å². The first-order chi connectivity index (χ1) is 15.5. The number of rotatable bonds is 5. The molecule has 0 unspecified atom stereocenters. The van der Waals surface area contributed by atoms with Gasteiger partial charge in [-0.3, -0.25) is 9.99 Å². The fraction of sp³-hybridized carbons (Fsp3) is 0.318. The van der Waals surface area contributed by atoms with Crippen LogP contribution in [-0.2, 0) is 17.9 Å². The quantitative estimate of drug-likeness (QED) is 0.263. The highest BCUT2D eigenvalue weighted by atomic mass is 16.5. The third-order valence-electron chi connectivity index (χ3n) is 4.37. The zero-order valence-electron chi connectivity index (χ0n) is 18.1. The molecule has 0 atom stereocenters. The Hall–Kier alpha value is -3.65. The zero-order chi connectivity index (χ0) is 23.5. The number of hydrogen-bond acceptors (Lipinski definition) is 10. The van der Waals surface area contributed by atoms with Crippen molar-refractivity contribution in [3.8, 4) is 24.3 Å². The number of anilines is 3. The van der Waals surface area contributed by atoms with Crippen molar-refractivity contribution >= 4 is 17.5 Å². The molecule has 3 aromatic heterocycles. The highest BCUT2D eigenvalue weighted by molar-refractivity contribution is 5.79. The summed E-state index contributed by atoms with van der Waals surface area (Å²) >= 11 is 0. The summed E-state index contributed by atoms with van der Waals surface area (Å²) in [7, 11) is 0. The van der Waals surface area contributed by atoms with E-state index in [1.807, 2.05) is 6.92 Å². The van der Waals surface area contributed by atoms with E-state index in [1.54, 1.807) is 30.3 Å². The molecule has 32 heavy (non-hydrogen) atoms. The lowest BCUT2D eigenvalue weighted by Gasteiger charge is -2.20. The average Bonchev–Trinajstić information content (AvgIpc) is 3.52. The largest absolute Gasteiger partial charge is 0.460 e. The molecule has 0 radical (unpaired) electrons. The number of aliphatic hydroxyl groups is 1. The fourth-order valence-corrected chi connectivity index (χ4v) is 2.91. The van der Waals surface area contributed by atoms with Crippen LogP contribution in [0.4, 0.5) is 17.5 Å². The minimum atomic E-state index is -0.150. The van der Waals surface area contributed by atoms with Gasteiger partial charge in [0.1, 0.15) is 17.1 Å². The standard InChI is InChI=1S/C16H19N7O2.C4H8O.C2H2/c1-9-5-6-12(25-9)14-13(17)15(22-16(18)21-14)23(19)7-10-3-2-4-11(8-24)20-10;1-2-4-5-3-1;1-2/h2-6,24H,7-8,17,19H2,1H3,(H2,18,21,22);1-4H2;1-2H. The number of furan rings is 1. The molecule has 4 heterocycles. The average molecular weight is 440 g/mol. The van der Waals surface area contributed by atoms with E-state index in [2.05, 4.69) is 27.8 Å². The summed E-state index contributed by atoms with van der Waals surface area (Å²) in [5.74, 6) is 7.62. The molecule has 1 aliphatic rings. The predicted molar refractivity (Wildman–Crippen MR) is 124 cm³/mol. The summed E-state index contributed by atoms with van der Waals surface area (Å²) in [6, 6.07) is 8.85. The van der Waals surface area contributed by atoms with Gasteiger partial charge in [-0.25, -0.2) is 10.8 Å². The maximum Gasteiger partial charge on any atom is 0.222 e. The number of aryl methyl sites for hydroxylation is 1. The van der Waals surface area contributed by atoms with Gasteiger partial charge >= 0.3 is 0 Å². The van der Waals surface area contributed by atoms with Crippen molar-refractivity contribution in [3.05, 3.63) is 47.5 Å². The molecule has 1 aliphatic heterocycles. The van der Waals surface area contributed by atoms with Crippen LogP contribution in [0, 0.1) is 19.8 Å². The van der Waals surface area contributed by atoms with Crippen molar-refractivity contribution in [3.63, 3.8) is 0 Å². The number of nitrogens with two attached hydrogens (primary N) is 3. The number of hydrazine groups is 1. The van der Waals surface area contributed by atoms with Gasteiger partial charge in [-0.1, -0.05) is 6.07 Å². The minimum absolute atomic E-state index is 0.0285. The van der Waals surface area contributed by atoms with Gasteiger partial charge in [0.25, 0.3) is 0 Å². The van der Waals surface area contributed by atoms with Gasteiger partial charge in [0.2, 0.25) is 5.95 Å². The van der Waals surface area contributed by atoms with E-state index in [0.717, 1.165) is 19.0 Å². The third-order valence-corrected chi connectivity index (χ3v) is 4.37. The second-order valence-corrected chi connectivity index (χ2v) is 6.80. The Balaban J connectivity index is 0.000000448. The molecule has 1 fully saturated rings. The van der Waals surface area contributed by atoms with E-state index in [4.69, 9.17) is 26.5 Å². The molecule has 1 saturated heterocycles. The van der Waals surface area contributed by atoms with Crippen molar-refractivity contribution in [2.45, 2.75) is 32.9 Å². The van der Waals surface area contributed by atoms with Crippen molar-refractivity contribution < 1.29 is 14.3 Å². The van der Waals surface area contributed by atoms with Crippen LogP contribution in [-0.4, -0.2) is 33.3 Å². The Labute approximate surface area is 187 Å². The first-order valence-electron chi connectivity index (χ1n) is 9.96. The van der Waals surface area contributed by atoms with Crippen LogP contribution in [0.1, 0.15) is 30.0 Å². The number of pyridine rings is 1. The molecule has 4 rings (SSSR count). The molecule has 10 heteroatoms. The lowest BCUT2D eigenvalue weighted by atomic mass is 10.2. The van der Waals surface area contributed by atoms with Crippen LogP contribution in [0.3, 0.4) is 0 Å². The van der Waals surface area contributed by atoms with Crippen molar-refractivity contribution in [2.75, 3.05) is 29.7 Å². The van der Waals surface area contributed by atoms with Gasteiger partial charge < -0.3 is 25.7 Å². The molecule has 0 bridgehead atoms. The normalized spacial score (nSPS) is 12.3. The lowest BCUT2D eigenvalue weighted by molar-refractivity contribution is 0.198. The first kappa shape index (κ1) is 24.6. The second-order valence-electron chi connectivity index (χ2n) is 6.80. The Kier molecular flexibility index (Phi) is 9.43. The molecule has 7 N–H and O–H groups in total. The number of ether oxygens (including phenoxy) is 1. The van der Waals surface area contributed by atoms with Crippen molar-refractivity contribution in [1.82, 2.24) is 15.0 Å². The lowest BCUT2D eigenvalue weighted by Crippen LogP contribution is -2.32. The van der Waals surface area contributed by atoms with E-state index in [-0.39, 0.29) is 30.6 Å². The van der Waals surface area contributed by atoms with Crippen LogP contribution in [0.15, 0.2) is 34.7 Å². The molecule has 0 spiro atoms. The van der Waals surface area contributed by atoms with Crippen molar-refractivity contribution in [1.29, 1.82) is 0 Å². The SMILES string of the molecule is C#C.C1CCOC1.Cc1ccc(-c2nc(N)nc(N(N)Cc3cccc(CO)n3)c2N)o1. The summed E-state index contributed by atoms with van der Waals surface area (Å²) in [6.07, 6.45) is 10.6. The Morgan fingerprint density at radius 3 is 2.28 bits per heavy atom. The summed E-state index contributed by atoms with van der Waals surface area (Å²) in [6.45, 7) is 3.90. The van der Waals surface area contributed by atoms with Gasteiger partial charge in [0.05, 0.1) is 24.5 Å². The molecule has 3 aromatic rings. The van der Waals surface area contributed by atoms with E-state index in [0.29, 0.717) is 22.8 Å². The maximum atomic E-state index is 9.18. The van der Waals surface area contributed by atoms with Gasteiger partial charge in [0, 0.05) is 13.2 Å². The smallest absolute Gasteiger partial charge is 0.222 e. The van der Waals surface area contributed by atoms with Gasteiger partial charge in [-0.15, -0.1) is 12.8 Å². The number of aliphatic hydroxyl groups excluding tert-OH is 1. The van der Waals surface area contributed by atoms with Gasteiger partial charge in [-0.2, -0.15) is 4.98 Å². The van der Waals surface area contributed by atoms with E-state index >= 15 is 0 Å². The molecule has 170 valence electrons. The number of hydrogen-bond donors (Lipinski definition) is 4. The van der Waals surface area contributed by atoms with E-state index in [9.17, 15) is 5.11 Å². The molecule has 0 aromatic carbocycles. The van der Waals surface area contributed by atoms with Crippen LogP contribution in [0.5, 0.6) is 0 Å². The third kappa shape index (κ3) is 6.68. The predicted octanol–water partition coefficient (Wildman–Crippen LogP) is 2.02. The topological polar surface area (TPSA) is 163 Å². The van der Waals surface area contributed by atoms with Gasteiger partial charge in [-0.05, 0) is 44.0 Å². The van der Waals surface area contributed by atoms with E-state index < -0.39 is 0 Å². The number of terminal acetylenes is 1. The Bertz CT molecular complexity index is 1010. The fourth-order valence-electron chi connectivity index (χ4n) is 2.91. The first-order valence-corrected chi connectivity index (χ1v) is 9.96. The van der Waals surface area contributed by atoms with Gasteiger partial charge in [0.15, 0.2) is 11.6 Å². The maximum absolute atomic E-state index is 9.18. The molecule has 0 aliphatic carbocycles. The highest BCUT2D eigenvalue weighted by Crippen LogP contribution is 2.32. The summed E-state index contributed by atoms with van der Waals surface area (Å²) in [5.41, 5.74) is 13.8. The Morgan fingerprint density at radius 1 is 1.03 bits per heavy atom. The van der Waals surface area contributed by atoms with Crippen molar-refractivity contribution in [2.24, 2.45) is 5.84 Å². The number of aromatic nitrogens is 3. The van der Waals surface area contributed by atoms with Crippen LogP contribution >= 0.6 is 0 Å². The zero-order valence-corrected chi connectivity index (χ0v) is 18.1. The molecule has 0 amide bonds. The summed E-state index contributed by atoms with van der Waals surface area (Å²) < 4.78 is 10.5. The monoisotopic (exact) mass is 439 g/mol. The molecule has 0 saturated carbocycles. The number of nitrogen functional groups attached to an aromatic ring is 2. The second kappa shape index (κ2) is 12.3. The molecular formula is C22H29N7O3. The van der Waals surface area contributed by atoms with Crippen LogP contribution in [0.2, 0.25) is 0 Å². The minimum Gasteiger partial charge on any atom is -0.460 e.